The van der Waals surface area contributed by atoms with Crippen molar-refractivity contribution in [2.24, 2.45) is 0 Å². The van der Waals surface area contributed by atoms with Crippen LogP contribution in [0.2, 0.25) is 0 Å². The molecule has 6 nitrogen and oxygen atoms in total. The Kier molecular flexibility index (Phi) is 4.23. The number of carbonyl (C=O) groups is 3. The third kappa shape index (κ3) is 3.31. The second-order valence-corrected chi connectivity index (χ2v) is 5.23. The Hall–Kier alpha value is -2.89. The molecule has 23 heavy (non-hydrogen) atoms. The molecule has 0 radical (unpaired) electrons. The van der Waals surface area contributed by atoms with Crippen molar-refractivity contribution in [3.63, 3.8) is 0 Å². The third-order valence-electron chi connectivity index (χ3n) is 3.66. The summed E-state index contributed by atoms with van der Waals surface area (Å²) in [6, 6.07) is 12.9. The van der Waals surface area contributed by atoms with Crippen LogP contribution < -0.4 is 0 Å². The highest BCUT2D eigenvalue weighted by Crippen LogP contribution is 2.29. The number of rotatable bonds is 5. The van der Waals surface area contributed by atoms with Gasteiger partial charge in [-0.25, -0.2) is 4.79 Å². The van der Waals surface area contributed by atoms with Gasteiger partial charge in [-0.3, -0.25) is 9.59 Å². The first-order chi connectivity index (χ1) is 11.1. The van der Waals surface area contributed by atoms with Gasteiger partial charge in [-0.1, -0.05) is 30.3 Å². The number of imide groups is 1. The monoisotopic (exact) mass is 313 g/mol. The molecule has 0 aliphatic carbocycles. The molecule has 0 saturated carbocycles. The minimum atomic E-state index is -0.654. The first-order valence-corrected chi connectivity index (χ1v) is 7.30. The molecule has 118 valence electrons. The van der Waals surface area contributed by atoms with Crippen LogP contribution in [0, 0.1) is 0 Å². The predicted octanol–water partition coefficient (Wildman–Crippen LogP) is 2.41. The summed E-state index contributed by atoms with van der Waals surface area (Å²) in [7, 11) is 0. The van der Waals surface area contributed by atoms with E-state index in [1.165, 1.54) is 6.26 Å². The molecule has 1 fully saturated rings. The molecule has 3 rings (SSSR count). The van der Waals surface area contributed by atoms with Gasteiger partial charge in [0.05, 0.1) is 18.6 Å². The third-order valence-corrected chi connectivity index (χ3v) is 3.66. The van der Waals surface area contributed by atoms with Crippen LogP contribution in [0.4, 0.5) is 0 Å². The number of amides is 2. The summed E-state index contributed by atoms with van der Waals surface area (Å²) in [5.41, 5.74) is 0.887. The Morgan fingerprint density at radius 3 is 2.39 bits per heavy atom. The van der Waals surface area contributed by atoms with Crippen LogP contribution in [-0.2, 0) is 19.2 Å². The summed E-state index contributed by atoms with van der Waals surface area (Å²) in [6.45, 7) is 0. The van der Waals surface area contributed by atoms with Crippen molar-refractivity contribution in [3.05, 3.63) is 60.1 Å². The zero-order valence-corrected chi connectivity index (χ0v) is 12.3. The van der Waals surface area contributed by atoms with Gasteiger partial charge < -0.3 is 9.25 Å². The summed E-state index contributed by atoms with van der Waals surface area (Å²) in [4.78, 5) is 40.1. The summed E-state index contributed by atoms with van der Waals surface area (Å²) in [6.07, 6.45) is 1.65. The standard InChI is InChI=1S/C17H15NO5/c19-15-8-9-16(20)18(15)23-17(21)11-13(14-7-4-10-22-14)12-5-2-1-3-6-12/h1-7,10,13H,8-9,11H2/t13-/m0/s1. The van der Waals surface area contributed by atoms with Crippen molar-refractivity contribution in [1.82, 2.24) is 5.06 Å². The average Bonchev–Trinajstić information content (AvgIpc) is 3.19. The number of hydrogen-bond donors (Lipinski definition) is 0. The maximum absolute atomic E-state index is 12.2. The fraction of sp³-hybridized carbons (Fsp3) is 0.235. The van der Waals surface area contributed by atoms with Gasteiger partial charge in [0.1, 0.15) is 5.76 Å². The Morgan fingerprint density at radius 1 is 1.09 bits per heavy atom. The molecule has 1 atom stereocenters. The van der Waals surface area contributed by atoms with Crippen LogP contribution in [-0.4, -0.2) is 22.8 Å². The molecule has 0 bridgehead atoms. The molecule has 0 N–H and O–H groups in total. The van der Waals surface area contributed by atoms with E-state index in [9.17, 15) is 14.4 Å². The number of hydrogen-bond acceptors (Lipinski definition) is 5. The highest BCUT2D eigenvalue weighted by atomic mass is 16.7. The fourth-order valence-corrected chi connectivity index (χ4v) is 2.52. The normalized spacial score (nSPS) is 15.7. The van der Waals surface area contributed by atoms with E-state index in [4.69, 9.17) is 9.25 Å². The van der Waals surface area contributed by atoms with Crippen molar-refractivity contribution in [3.8, 4) is 0 Å². The maximum atomic E-state index is 12.2. The summed E-state index contributed by atoms with van der Waals surface area (Å²) < 4.78 is 5.41. The molecular weight excluding hydrogens is 298 g/mol. The molecule has 0 unspecified atom stereocenters. The van der Waals surface area contributed by atoms with Crippen molar-refractivity contribution >= 4 is 17.8 Å². The molecular formula is C17H15NO5. The van der Waals surface area contributed by atoms with Crippen LogP contribution in [0.25, 0.3) is 0 Å². The Bertz CT molecular complexity index is 692. The van der Waals surface area contributed by atoms with E-state index in [1.807, 2.05) is 30.3 Å². The highest BCUT2D eigenvalue weighted by Gasteiger charge is 2.33. The number of nitrogens with zero attached hydrogens (tertiary/aromatic N) is 1. The lowest BCUT2D eigenvalue weighted by Gasteiger charge is -2.17. The van der Waals surface area contributed by atoms with Crippen molar-refractivity contribution < 1.29 is 23.6 Å². The lowest BCUT2D eigenvalue weighted by molar-refractivity contribution is -0.197. The van der Waals surface area contributed by atoms with E-state index in [2.05, 4.69) is 0 Å². The van der Waals surface area contributed by atoms with E-state index < -0.39 is 17.8 Å². The average molecular weight is 313 g/mol. The molecule has 2 amide bonds. The molecule has 1 aliphatic heterocycles. The minimum Gasteiger partial charge on any atom is -0.469 e. The first-order valence-electron chi connectivity index (χ1n) is 7.30. The van der Waals surface area contributed by atoms with E-state index >= 15 is 0 Å². The zero-order valence-electron chi connectivity index (χ0n) is 12.3. The van der Waals surface area contributed by atoms with Crippen LogP contribution in [0.15, 0.2) is 53.1 Å². The van der Waals surface area contributed by atoms with Crippen molar-refractivity contribution in [2.45, 2.75) is 25.2 Å². The van der Waals surface area contributed by atoms with Crippen LogP contribution in [0.5, 0.6) is 0 Å². The molecule has 1 aliphatic rings. The molecule has 2 aromatic rings. The van der Waals surface area contributed by atoms with Gasteiger partial charge in [-0.05, 0) is 17.7 Å². The summed E-state index contributed by atoms with van der Waals surface area (Å²) >= 11 is 0. The predicted molar refractivity (Wildman–Crippen MR) is 78.8 cm³/mol. The quantitative estimate of drug-likeness (QED) is 0.792. The molecule has 0 spiro atoms. The summed E-state index contributed by atoms with van der Waals surface area (Å²) in [5.74, 6) is -1.35. The van der Waals surface area contributed by atoms with Crippen LogP contribution in [0.3, 0.4) is 0 Å². The second kappa shape index (κ2) is 6.48. The van der Waals surface area contributed by atoms with Gasteiger partial charge in [-0.2, -0.15) is 0 Å². The van der Waals surface area contributed by atoms with E-state index in [-0.39, 0.29) is 25.2 Å². The van der Waals surface area contributed by atoms with Crippen LogP contribution in [0.1, 0.15) is 36.5 Å². The lowest BCUT2D eigenvalue weighted by atomic mass is 9.93. The van der Waals surface area contributed by atoms with Gasteiger partial charge in [0.15, 0.2) is 0 Å². The number of furan rings is 1. The SMILES string of the molecule is O=C(C[C@@H](c1ccccc1)c1ccco1)ON1C(=O)CCC1=O. The Balaban J connectivity index is 1.75. The van der Waals surface area contributed by atoms with Gasteiger partial charge in [0.2, 0.25) is 0 Å². The number of carbonyl (C=O) groups excluding carboxylic acids is 3. The lowest BCUT2D eigenvalue weighted by Crippen LogP contribution is -2.32. The van der Waals surface area contributed by atoms with Gasteiger partial charge in [0, 0.05) is 12.8 Å². The second-order valence-electron chi connectivity index (χ2n) is 5.23. The molecule has 1 aromatic carbocycles. The molecule has 1 saturated heterocycles. The molecule has 2 heterocycles. The number of benzene rings is 1. The number of hydroxylamine groups is 2. The van der Waals surface area contributed by atoms with E-state index in [1.54, 1.807) is 12.1 Å². The first kappa shape index (κ1) is 15.0. The minimum absolute atomic E-state index is 0.0331. The van der Waals surface area contributed by atoms with Gasteiger partial charge in [-0.15, -0.1) is 5.06 Å². The van der Waals surface area contributed by atoms with E-state index in [0.717, 1.165) is 5.56 Å². The highest BCUT2D eigenvalue weighted by molar-refractivity contribution is 6.01. The fourth-order valence-electron chi connectivity index (χ4n) is 2.52. The zero-order chi connectivity index (χ0) is 16.2. The largest absolute Gasteiger partial charge is 0.469 e. The smallest absolute Gasteiger partial charge is 0.334 e. The van der Waals surface area contributed by atoms with Crippen molar-refractivity contribution in [1.29, 1.82) is 0 Å². The van der Waals surface area contributed by atoms with Gasteiger partial charge >= 0.3 is 5.97 Å². The Labute approximate surface area is 132 Å². The molecule has 6 heteroatoms. The Morgan fingerprint density at radius 2 is 1.78 bits per heavy atom. The van der Waals surface area contributed by atoms with Crippen molar-refractivity contribution in [2.75, 3.05) is 0 Å². The van der Waals surface area contributed by atoms with E-state index in [0.29, 0.717) is 10.8 Å². The molecule has 1 aromatic heterocycles. The summed E-state index contributed by atoms with van der Waals surface area (Å²) in [5, 5.41) is 0.562. The maximum Gasteiger partial charge on any atom is 0.334 e. The topological polar surface area (TPSA) is 76.8 Å². The van der Waals surface area contributed by atoms with Crippen LogP contribution >= 0.6 is 0 Å². The van der Waals surface area contributed by atoms with Gasteiger partial charge in [0.25, 0.3) is 11.8 Å².